The van der Waals surface area contributed by atoms with Crippen LogP contribution in [0.4, 0.5) is 0 Å². The minimum Gasteiger partial charge on any atom is -0.481 e. The van der Waals surface area contributed by atoms with Crippen molar-refractivity contribution in [2.45, 2.75) is 72.1 Å². The number of aryl methyl sites for hydroxylation is 3. The van der Waals surface area contributed by atoms with Crippen molar-refractivity contribution in [3.05, 3.63) is 75.4 Å². The summed E-state index contributed by atoms with van der Waals surface area (Å²) < 4.78 is 0. The van der Waals surface area contributed by atoms with E-state index in [2.05, 4.69) is 16.5 Å². The Bertz CT molecular complexity index is 1940. The Labute approximate surface area is 254 Å². The van der Waals surface area contributed by atoms with E-state index in [0.717, 1.165) is 44.3 Å². The van der Waals surface area contributed by atoms with Crippen LogP contribution in [-0.2, 0) is 27.2 Å². The zero-order valence-electron chi connectivity index (χ0n) is 25.5. The monoisotopic (exact) mass is 596 g/mol. The van der Waals surface area contributed by atoms with Gasteiger partial charge < -0.3 is 25.3 Å². The van der Waals surface area contributed by atoms with Gasteiger partial charge in [0.05, 0.1) is 29.1 Å². The molecule has 0 spiro atoms. The van der Waals surface area contributed by atoms with Gasteiger partial charge in [-0.25, -0.2) is 9.78 Å². The third-order valence-electron chi connectivity index (χ3n) is 8.94. The van der Waals surface area contributed by atoms with Gasteiger partial charge in [0.25, 0.3) is 0 Å². The van der Waals surface area contributed by atoms with E-state index in [9.17, 15) is 29.7 Å². The fraction of sp³-hybridized carbons (Fsp3) is 0.324. The zero-order valence-corrected chi connectivity index (χ0v) is 25.5. The Morgan fingerprint density at radius 3 is 2.20 bits per heavy atom. The first kappa shape index (κ1) is 30.5. The molecule has 5 heterocycles. The SMILES string of the molecule is C=Cc1c(C)c2cc3nc(c(CC(=O)O)c4nc(cc5[nH]c(cc1[nH]2)c(C)c5CC)C(C)=C4C(=O)O)[C@H](CCC(=O)O)[C@H]3C. The molecule has 10 nitrogen and oxygen atoms in total. The van der Waals surface area contributed by atoms with Crippen molar-refractivity contribution < 1.29 is 29.7 Å². The van der Waals surface area contributed by atoms with Crippen LogP contribution in [0.1, 0.15) is 96.0 Å². The summed E-state index contributed by atoms with van der Waals surface area (Å²) in [4.78, 5) is 53.2. The molecule has 0 saturated carbocycles. The van der Waals surface area contributed by atoms with Crippen LogP contribution in [0.3, 0.4) is 0 Å². The van der Waals surface area contributed by atoms with E-state index in [1.165, 1.54) is 0 Å². The number of rotatable bonds is 8. The molecule has 228 valence electrons. The molecule has 0 aliphatic carbocycles. The van der Waals surface area contributed by atoms with Gasteiger partial charge in [-0.1, -0.05) is 26.5 Å². The van der Waals surface area contributed by atoms with Crippen LogP contribution in [0.5, 0.6) is 0 Å². The third kappa shape index (κ3) is 5.21. The summed E-state index contributed by atoms with van der Waals surface area (Å²) in [5.41, 5.74) is 9.23. The van der Waals surface area contributed by atoms with Crippen LogP contribution in [0.2, 0.25) is 0 Å². The molecule has 0 amide bonds. The first-order valence-electron chi connectivity index (χ1n) is 14.6. The predicted octanol–water partition coefficient (Wildman–Crippen LogP) is 6.53. The number of hydrogen-bond donors (Lipinski definition) is 5. The number of aromatic nitrogens is 4. The Morgan fingerprint density at radius 1 is 0.909 bits per heavy atom. The van der Waals surface area contributed by atoms with Gasteiger partial charge in [-0.15, -0.1) is 0 Å². The summed E-state index contributed by atoms with van der Waals surface area (Å²) >= 11 is 0. The molecule has 2 aliphatic rings. The molecule has 8 bridgehead atoms. The molecule has 2 atom stereocenters. The van der Waals surface area contributed by atoms with Gasteiger partial charge in [0.1, 0.15) is 0 Å². The first-order chi connectivity index (χ1) is 20.9. The topological polar surface area (TPSA) is 169 Å². The number of aliphatic carboxylic acids is 3. The highest BCUT2D eigenvalue weighted by Crippen LogP contribution is 2.43. The molecule has 0 saturated heterocycles. The molecule has 5 rings (SSSR count). The van der Waals surface area contributed by atoms with Crippen molar-refractivity contribution in [2.24, 2.45) is 0 Å². The zero-order chi connectivity index (χ0) is 32.0. The van der Waals surface area contributed by atoms with Crippen LogP contribution < -0.4 is 0 Å². The standard InChI is InChI=1S/C34H36N4O6/c1-7-19-15(3)23-12-25-17(5)21(9-10-29(39)40)32(37-25)22(11-30(41)42)33-31(34(43)44)18(6)26(38-33)14-28-20(8-2)16(4)24(36-28)13-27(19)35-23/h7,12-14,17,21,35-36H,1,8-11H2,2-6H3,(H,39,40)(H,41,42)(H,43,44)/t17-,21-/m1/s1. The van der Waals surface area contributed by atoms with Gasteiger partial charge in [0, 0.05) is 57.1 Å². The smallest absolute Gasteiger partial charge is 0.338 e. The van der Waals surface area contributed by atoms with Crippen LogP contribution in [0.25, 0.3) is 39.3 Å². The predicted molar refractivity (Wildman–Crippen MR) is 169 cm³/mol. The molecule has 2 aliphatic heterocycles. The lowest BCUT2D eigenvalue weighted by Crippen LogP contribution is -2.13. The Hall–Kier alpha value is -4.99. The lowest BCUT2D eigenvalue weighted by Gasteiger charge is -2.17. The number of carboxylic acid groups (broad SMARTS) is 3. The Balaban J connectivity index is 2.04. The van der Waals surface area contributed by atoms with Crippen LogP contribution in [0.15, 0.2) is 24.8 Å². The number of allylic oxidation sites excluding steroid dienone is 1. The summed E-state index contributed by atoms with van der Waals surface area (Å²) in [5.74, 6) is -4.13. The van der Waals surface area contributed by atoms with E-state index < -0.39 is 30.2 Å². The number of carbonyl (C=O) groups is 3. The summed E-state index contributed by atoms with van der Waals surface area (Å²) in [6, 6.07) is 5.75. The second kappa shape index (κ2) is 11.6. The molecule has 44 heavy (non-hydrogen) atoms. The number of carboxylic acids is 3. The quantitative estimate of drug-likeness (QED) is 0.195. The van der Waals surface area contributed by atoms with E-state index in [0.29, 0.717) is 29.1 Å². The summed E-state index contributed by atoms with van der Waals surface area (Å²) in [7, 11) is 0. The van der Waals surface area contributed by atoms with Gasteiger partial charge in [-0.05, 0) is 74.1 Å². The molecule has 0 radical (unpaired) electrons. The fourth-order valence-corrected chi connectivity index (χ4v) is 6.53. The number of fused-ring (bicyclic) bond motifs is 8. The number of aromatic amines is 2. The highest BCUT2D eigenvalue weighted by Gasteiger charge is 2.35. The highest BCUT2D eigenvalue weighted by atomic mass is 16.4. The molecular formula is C34H36N4O6. The van der Waals surface area contributed by atoms with Crippen molar-refractivity contribution in [1.29, 1.82) is 0 Å². The van der Waals surface area contributed by atoms with Crippen molar-refractivity contribution >= 4 is 57.2 Å². The molecule has 0 fully saturated rings. The lowest BCUT2D eigenvalue weighted by molar-refractivity contribution is -0.138. The van der Waals surface area contributed by atoms with Crippen LogP contribution >= 0.6 is 0 Å². The summed E-state index contributed by atoms with van der Waals surface area (Å²) in [6.07, 6.45) is 2.03. The second-order valence-corrected chi connectivity index (χ2v) is 11.5. The van der Waals surface area contributed by atoms with Crippen LogP contribution in [-0.4, -0.2) is 53.2 Å². The number of H-pyrrole nitrogens is 2. The lowest BCUT2D eigenvalue weighted by atomic mass is 9.84. The number of hydrogen-bond acceptors (Lipinski definition) is 5. The third-order valence-corrected chi connectivity index (χ3v) is 8.94. The van der Waals surface area contributed by atoms with E-state index in [-0.39, 0.29) is 35.6 Å². The maximum Gasteiger partial charge on any atom is 0.338 e. The normalized spacial score (nSPS) is 16.3. The summed E-state index contributed by atoms with van der Waals surface area (Å²) in [5, 5.41) is 29.9. The average Bonchev–Trinajstić information content (AvgIpc) is 3.63. The van der Waals surface area contributed by atoms with Crippen molar-refractivity contribution in [3.63, 3.8) is 0 Å². The van der Waals surface area contributed by atoms with Gasteiger partial charge in [-0.3, -0.25) is 14.6 Å². The molecule has 10 heteroatoms. The van der Waals surface area contributed by atoms with E-state index >= 15 is 0 Å². The molecule has 0 unspecified atom stereocenters. The molecule has 3 aromatic rings. The van der Waals surface area contributed by atoms with E-state index in [4.69, 9.17) is 9.97 Å². The molecule has 5 N–H and O–H groups in total. The largest absolute Gasteiger partial charge is 0.481 e. The van der Waals surface area contributed by atoms with Crippen molar-refractivity contribution in [2.75, 3.05) is 0 Å². The van der Waals surface area contributed by atoms with Crippen molar-refractivity contribution in [3.8, 4) is 0 Å². The Morgan fingerprint density at radius 2 is 1.59 bits per heavy atom. The average molecular weight is 597 g/mol. The first-order valence-corrected chi connectivity index (χ1v) is 14.6. The van der Waals surface area contributed by atoms with Crippen molar-refractivity contribution in [1.82, 2.24) is 19.9 Å². The number of nitrogens with zero attached hydrogens (tertiary/aromatic N) is 2. The molecular weight excluding hydrogens is 560 g/mol. The summed E-state index contributed by atoms with van der Waals surface area (Å²) in [6.45, 7) is 13.7. The number of nitrogens with one attached hydrogen (secondary N) is 2. The fourth-order valence-electron chi connectivity index (χ4n) is 6.53. The van der Waals surface area contributed by atoms with Gasteiger partial charge in [-0.2, -0.15) is 0 Å². The second-order valence-electron chi connectivity index (χ2n) is 11.5. The minimum absolute atomic E-state index is 0.0451. The van der Waals surface area contributed by atoms with Gasteiger partial charge in [0.15, 0.2) is 0 Å². The van der Waals surface area contributed by atoms with Gasteiger partial charge in [0.2, 0.25) is 0 Å². The van der Waals surface area contributed by atoms with E-state index in [1.54, 1.807) is 13.0 Å². The Kier molecular flexibility index (Phi) is 8.03. The molecule has 3 aromatic heterocycles. The maximum absolute atomic E-state index is 12.7. The van der Waals surface area contributed by atoms with E-state index in [1.807, 2.05) is 45.9 Å². The highest BCUT2D eigenvalue weighted by molar-refractivity contribution is 6.24. The molecule has 0 aromatic carbocycles. The van der Waals surface area contributed by atoms with Gasteiger partial charge >= 0.3 is 17.9 Å². The van der Waals surface area contributed by atoms with Crippen LogP contribution in [0, 0.1) is 13.8 Å². The maximum atomic E-state index is 12.7. The minimum atomic E-state index is -1.23.